The summed E-state index contributed by atoms with van der Waals surface area (Å²) in [5.41, 5.74) is 7.85. The molecular weight excluding hydrogens is 405 g/mol. The zero-order valence-corrected chi connectivity index (χ0v) is 15.0. The van der Waals surface area contributed by atoms with Crippen molar-refractivity contribution in [2.24, 2.45) is 10.7 Å². The van der Waals surface area contributed by atoms with E-state index in [4.69, 9.17) is 15.2 Å². The molecule has 3 N–H and O–H groups in total. The van der Waals surface area contributed by atoms with E-state index >= 15 is 0 Å². The Hall–Kier alpha value is -1.96. The Morgan fingerprint density at radius 2 is 1.78 bits per heavy atom. The monoisotopic (exact) mass is 425 g/mol. The number of anilines is 1. The topological polar surface area (TPSA) is 68.9 Å². The predicted molar refractivity (Wildman–Crippen MR) is 103 cm³/mol. The molecule has 2 aromatic carbocycles. The number of hydrogen-bond donors (Lipinski definition) is 2. The third-order valence-electron chi connectivity index (χ3n) is 3.29. The van der Waals surface area contributed by atoms with Crippen LogP contribution in [0.4, 0.5) is 5.69 Å². The van der Waals surface area contributed by atoms with Crippen molar-refractivity contribution in [2.45, 2.75) is 13.0 Å². The van der Waals surface area contributed by atoms with Gasteiger partial charge in [-0.25, -0.2) is 4.99 Å². The molecule has 0 bridgehead atoms. The van der Waals surface area contributed by atoms with Gasteiger partial charge in [0, 0.05) is 12.1 Å². The molecule has 0 saturated carbocycles. The minimum absolute atomic E-state index is 0. The van der Waals surface area contributed by atoms with Crippen molar-refractivity contribution in [3.05, 3.63) is 54.1 Å². The maximum absolute atomic E-state index is 5.90. The molecular formula is C17H20IN3O2. The highest BCUT2D eigenvalue weighted by Crippen LogP contribution is 2.30. The number of halogens is 1. The predicted octanol–water partition coefficient (Wildman–Crippen LogP) is 3.39. The first kappa shape index (κ1) is 17.4. The van der Waals surface area contributed by atoms with E-state index in [9.17, 15) is 0 Å². The first-order valence-corrected chi connectivity index (χ1v) is 7.32. The maximum Gasteiger partial charge on any atom is 0.193 e. The van der Waals surface area contributed by atoms with Crippen LogP contribution in [0.1, 0.15) is 12.0 Å². The van der Waals surface area contributed by atoms with Crippen LogP contribution in [0.15, 0.2) is 53.5 Å². The van der Waals surface area contributed by atoms with Gasteiger partial charge in [-0.3, -0.25) is 0 Å². The minimum Gasteiger partial charge on any atom is -0.490 e. The second-order valence-corrected chi connectivity index (χ2v) is 5.02. The lowest BCUT2D eigenvalue weighted by molar-refractivity contribution is 0.297. The Morgan fingerprint density at radius 3 is 2.57 bits per heavy atom. The molecule has 0 aromatic heterocycles. The first-order valence-electron chi connectivity index (χ1n) is 7.32. The molecule has 122 valence electrons. The van der Waals surface area contributed by atoms with Crippen LogP contribution >= 0.6 is 24.0 Å². The Labute approximate surface area is 152 Å². The molecule has 0 saturated heterocycles. The lowest BCUT2D eigenvalue weighted by atomic mass is 10.2. The summed E-state index contributed by atoms with van der Waals surface area (Å²) >= 11 is 0. The van der Waals surface area contributed by atoms with E-state index in [2.05, 4.69) is 10.3 Å². The number of nitrogens with two attached hydrogens (primary N) is 1. The summed E-state index contributed by atoms with van der Waals surface area (Å²) in [7, 11) is 0. The molecule has 0 amide bonds. The fourth-order valence-corrected chi connectivity index (χ4v) is 2.19. The van der Waals surface area contributed by atoms with Crippen LogP contribution in [0.25, 0.3) is 0 Å². The van der Waals surface area contributed by atoms with Crippen LogP contribution in [-0.4, -0.2) is 19.2 Å². The molecule has 1 aliphatic rings. The van der Waals surface area contributed by atoms with Crippen LogP contribution in [0.5, 0.6) is 11.5 Å². The van der Waals surface area contributed by atoms with Crippen molar-refractivity contribution in [2.75, 3.05) is 18.5 Å². The summed E-state index contributed by atoms with van der Waals surface area (Å²) in [6.45, 7) is 1.86. The summed E-state index contributed by atoms with van der Waals surface area (Å²) < 4.78 is 11.3. The molecule has 0 fully saturated rings. The molecule has 0 radical (unpaired) electrons. The van der Waals surface area contributed by atoms with Crippen molar-refractivity contribution >= 4 is 35.6 Å². The molecule has 6 heteroatoms. The summed E-state index contributed by atoms with van der Waals surface area (Å²) in [5, 5.41) is 3.06. The van der Waals surface area contributed by atoms with Gasteiger partial charge >= 0.3 is 0 Å². The van der Waals surface area contributed by atoms with Crippen molar-refractivity contribution in [3.63, 3.8) is 0 Å². The fraction of sp³-hybridized carbons (Fsp3) is 0.235. The number of nitrogens with one attached hydrogen (secondary N) is 1. The Balaban J connectivity index is 0.00000192. The molecule has 0 unspecified atom stereocenters. The van der Waals surface area contributed by atoms with E-state index < -0.39 is 0 Å². The number of guanidine groups is 1. The van der Waals surface area contributed by atoms with Gasteiger partial charge in [0.25, 0.3) is 0 Å². The quantitative estimate of drug-likeness (QED) is 0.450. The molecule has 5 nitrogen and oxygen atoms in total. The van der Waals surface area contributed by atoms with Crippen LogP contribution in [0.3, 0.4) is 0 Å². The maximum atomic E-state index is 5.90. The number of ether oxygens (including phenoxy) is 2. The Morgan fingerprint density at radius 1 is 1.04 bits per heavy atom. The molecule has 2 aromatic rings. The minimum atomic E-state index is 0. The smallest absolute Gasteiger partial charge is 0.193 e. The van der Waals surface area contributed by atoms with E-state index in [1.165, 1.54) is 0 Å². The van der Waals surface area contributed by atoms with Gasteiger partial charge in [0.15, 0.2) is 17.5 Å². The molecule has 1 aliphatic heterocycles. The number of hydrogen-bond acceptors (Lipinski definition) is 3. The Bertz CT molecular complexity index is 662. The summed E-state index contributed by atoms with van der Waals surface area (Å²) in [5.74, 6) is 1.96. The standard InChI is InChI=1S/C17H19N3O2.HI/c18-17(20-14-5-2-1-3-6-14)19-12-13-7-8-15-16(11-13)22-10-4-9-21-15;/h1-3,5-8,11H,4,9-10,12H2,(H3,18,19,20);1H. The largest absolute Gasteiger partial charge is 0.490 e. The number of aliphatic imine (C=N–C) groups is 1. The van der Waals surface area contributed by atoms with Gasteiger partial charge < -0.3 is 20.5 Å². The highest BCUT2D eigenvalue weighted by Gasteiger charge is 2.10. The fourth-order valence-electron chi connectivity index (χ4n) is 2.19. The van der Waals surface area contributed by atoms with E-state index in [1.54, 1.807) is 0 Å². The zero-order valence-electron chi connectivity index (χ0n) is 12.7. The normalized spacial score (nSPS) is 13.7. The van der Waals surface area contributed by atoms with Gasteiger partial charge in [-0.1, -0.05) is 24.3 Å². The van der Waals surface area contributed by atoms with Crippen LogP contribution in [0, 0.1) is 0 Å². The molecule has 1 heterocycles. The summed E-state index contributed by atoms with van der Waals surface area (Å²) in [6.07, 6.45) is 0.899. The summed E-state index contributed by atoms with van der Waals surface area (Å²) in [4.78, 5) is 4.35. The van der Waals surface area contributed by atoms with Crippen molar-refractivity contribution in [1.29, 1.82) is 0 Å². The molecule has 0 atom stereocenters. The number of nitrogens with zero attached hydrogens (tertiary/aromatic N) is 1. The average Bonchev–Trinajstić information content (AvgIpc) is 2.78. The highest BCUT2D eigenvalue weighted by molar-refractivity contribution is 14.0. The SMILES string of the molecule is I.NC(=NCc1ccc2c(c1)OCCCO2)Nc1ccccc1. The Kier molecular flexibility index (Phi) is 6.52. The molecule has 3 rings (SSSR count). The zero-order chi connectivity index (χ0) is 15.2. The third-order valence-corrected chi connectivity index (χ3v) is 3.29. The third kappa shape index (κ3) is 5.02. The molecule has 0 aliphatic carbocycles. The second kappa shape index (κ2) is 8.61. The van der Waals surface area contributed by atoms with Crippen molar-refractivity contribution < 1.29 is 9.47 Å². The summed E-state index contributed by atoms with van der Waals surface area (Å²) in [6, 6.07) is 15.6. The average molecular weight is 425 g/mol. The molecule has 0 spiro atoms. The molecule has 23 heavy (non-hydrogen) atoms. The van der Waals surface area contributed by atoms with Gasteiger partial charge in [-0.05, 0) is 29.8 Å². The van der Waals surface area contributed by atoms with Crippen LogP contribution in [0.2, 0.25) is 0 Å². The highest BCUT2D eigenvalue weighted by atomic mass is 127. The van der Waals surface area contributed by atoms with Gasteiger partial charge in [-0.15, -0.1) is 24.0 Å². The van der Waals surface area contributed by atoms with Gasteiger partial charge in [0.1, 0.15) is 0 Å². The lowest BCUT2D eigenvalue weighted by Crippen LogP contribution is -2.22. The first-order chi connectivity index (χ1) is 10.8. The number of benzene rings is 2. The van der Waals surface area contributed by atoms with E-state index in [1.807, 2.05) is 48.5 Å². The van der Waals surface area contributed by atoms with E-state index in [0.717, 1.165) is 29.2 Å². The van der Waals surface area contributed by atoms with Gasteiger partial charge in [-0.2, -0.15) is 0 Å². The number of fused-ring (bicyclic) bond motifs is 1. The van der Waals surface area contributed by atoms with E-state index in [-0.39, 0.29) is 24.0 Å². The van der Waals surface area contributed by atoms with Crippen LogP contribution < -0.4 is 20.5 Å². The van der Waals surface area contributed by atoms with Crippen LogP contribution in [-0.2, 0) is 6.54 Å². The van der Waals surface area contributed by atoms with Crippen molar-refractivity contribution in [3.8, 4) is 11.5 Å². The van der Waals surface area contributed by atoms with Crippen molar-refractivity contribution in [1.82, 2.24) is 0 Å². The number of para-hydroxylation sites is 1. The van der Waals surface area contributed by atoms with E-state index in [0.29, 0.717) is 25.7 Å². The number of rotatable bonds is 3. The van der Waals surface area contributed by atoms with Gasteiger partial charge in [0.2, 0.25) is 0 Å². The van der Waals surface area contributed by atoms with Gasteiger partial charge in [0.05, 0.1) is 19.8 Å². The second-order valence-electron chi connectivity index (χ2n) is 5.02. The lowest BCUT2D eigenvalue weighted by Gasteiger charge is -2.09.